The maximum Gasteiger partial charge on any atom is 0.0220 e. The summed E-state index contributed by atoms with van der Waals surface area (Å²) < 4.78 is 0. The van der Waals surface area contributed by atoms with Gasteiger partial charge in [-0.2, -0.15) is 0 Å². The highest BCUT2D eigenvalue weighted by atomic mass is 15.2. The summed E-state index contributed by atoms with van der Waals surface area (Å²) in [6, 6.07) is 0.617. The highest BCUT2D eigenvalue weighted by Crippen LogP contribution is 2.11. The van der Waals surface area contributed by atoms with E-state index in [2.05, 4.69) is 30.6 Å². The van der Waals surface area contributed by atoms with Crippen molar-refractivity contribution in [1.29, 1.82) is 0 Å². The van der Waals surface area contributed by atoms with E-state index in [0.29, 0.717) is 12.0 Å². The molecule has 0 radical (unpaired) electrons. The third-order valence-corrected chi connectivity index (χ3v) is 2.98. The van der Waals surface area contributed by atoms with Crippen LogP contribution in [-0.2, 0) is 0 Å². The summed E-state index contributed by atoms with van der Waals surface area (Å²) in [5, 5.41) is 3.54. The first-order chi connectivity index (χ1) is 6.74. The van der Waals surface area contributed by atoms with Crippen molar-refractivity contribution >= 4 is 0 Å². The van der Waals surface area contributed by atoms with Gasteiger partial charge in [-0.15, -0.1) is 6.58 Å². The van der Waals surface area contributed by atoms with Crippen LogP contribution in [0.25, 0.3) is 0 Å². The predicted octanol–water partition coefficient (Wildman–Crippen LogP) is 1.88. The van der Waals surface area contributed by atoms with Crippen LogP contribution < -0.4 is 5.32 Å². The largest absolute Gasteiger partial charge is 0.309 e. The summed E-state index contributed by atoms with van der Waals surface area (Å²) in [6.07, 6.45) is 4.71. The smallest absolute Gasteiger partial charge is 0.0220 e. The molecule has 0 aliphatic carbocycles. The Kier molecular flexibility index (Phi) is 5.20. The topological polar surface area (TPSA) is 15.3 Å². The first kappa shape index (κ1) is 11.7. The maximum absolute atomic E-state index is 3.75. The fourth-order valence-corrected chi connectivity index (χ4v) is 1.99. The molecule has 0 aromatic heterocycles. The molecule has 0 aromatic rings. The van der Waals surface area contributed by atoms with E-state index in [1.165, 1.54) is 32.5 Å². The molecule has 0 spiro atoms. The van der Waals surface area contributed by atoms with Gasteiger partial charge in [0.2, 0.25) is 0 Å². The number of likely N-dealkylation sites (tertiary alicyclic amines) is 1. The van der Waals surface area contributed by atoms with E-state index in [0.717, 1.165) is 6.54 Å². The van der Waals surface area contributed by atoms with Gasteiger partial charge in [0.05, 0.1) is 0 Å². The highest BCUT2D eigenvalue weighted by Gasteiger charge is 2.18. The van der Waals surface area contributed by atoms with E-state index in [-0.39, 0.29) is 0 Å². The Morgan fingerprint density at radius 3 is 2.50 bits per heavy atom. The van der Waals surface area contributed by atoms with Gasteiger partial charge in [-0.3, -0.25) is 0 Å². The summed E-state index contributed by atoms with van der Waals surface area (Å²) in [6.45, 7) is 13.0. The van der Waals surface area contributed by atoms with E-state index in [9.17, 15) is 0 Å². The molecule has 2 nitrogen and oxygen atoms in total. The van der Waals surface area contributed by atoms with Crippen LogP contribution in [0.3, 0.4) is 0 Å². The maximum atomic E-state index is 3.75. The lowest BCUT2D eigenvalue weighted by atomic mass is 10.0. The molecule has 0 aromatic carbocycles. The molecule has 0 bridgehead atoms. The average Bonchev–Trinajstić information content (AvgIpc) is 2.64. The van der Waals surface area contributed by atoms with Gasteiger partial charge in [0.15, 0.2) is 0 Å². The zero-order valence-corrected chi connectivity index (χ0v) is 9.63. The van der Waals surface area contributed by atoms with Crippen LogP contribution in [-0.4, -0.2) is 37.1 Å². The van der Waals surface area contributed by atoms with Crippen LogP contribution in [0.2, 0.25) is 0 Å². The Hall–Kier alpha value is -0.340. The van der Waals surface area contributed by atoms with Gasteiger partial charge in [-0.1, -0.05) is 19.9 Å². The highest BCUT2D eigenvalue weighted by molar-refractivity contribution is 4.81. The zero-order chi connectivity index (χ0) is 10.4. The fraction of sp³-hybridized carbons (Fsp3) is 0.833. The lowest BCUT2D eigenvalue weighted by molar-refractivity contribution is 0.259. The molecule has 0 saturated carbocycles. The van der Waals surface area contributed by atoms with Crippen molar-refractivity contribution in [1.82, 2.24) is 10.2 Å². The van der Waals surface area contributed by atoms with Gasteiger partial charge in [0.1, 0.15) is 0 Å². The molecule has 1 atom stereocenters. The van der Waals surface area contributed by atoms with Crippen LogP contribution in [0.15, 0.2) is 12.7 Å². The first-order valence-electron chi connectivity index (χ1n) is 5.80. The molecule has 2 heteroatoms. The molecule has 0 unspecified atom stereocenters. The van der Waals surface area contributed by atoms with Gasteiger partial charge in [0.25, 0.3) is 0 Å². The van der Waals surface area contributed by atoms with Crippen LogP contribution in [0.4, 0.5) is 0 Å². The summed E-state index contributed by atoms with van der Waals surface area (Å²) in [7, 11) is 0. The van der Waals surface area contributed by atoms with Gasteiger partial charge < -0.3 is 10.2 Å². The molecule has 14 heavy (non-hydrogen) atoms. The van der Waals surface area contributed by atoms with Gasteiger partial charge in [-0.25, -0.2) is 0 Å². The van der Waals surface area contributed by atoms with Crippen molar-refractivity contribution in [2.24, 2.45) is 5.92 Å². The number of hydrogen-bond acceptors (Lipinski definition) is 2. The van der Waals surface area contributed by atoms with Crippen molar-refractivity contribution in [2.45, 2.75) is 32.7 Å². The standard InChI is InChI=1S/C12H24N2/c1-4-7-13-12(11(2)3)10-14-8-5-6-9-14/h4,11-13H,1,5-10H2,2-3H3/t12-/m1/s1. The Labute approximate surface area is 88.4 Å². The Morgan fingerprint density at radius 2 is 2.00 bits per heavy atom. The molecule has 1 heterocycles. The summed E-state index contributed by atoms with van der Waals surface area (Å²) >= 11 is 0. The van der Waals surface area contributed by atoms with Crippen LogP contribution in [0.1, 0.15) is 26.7 Å². The van der Waals surface area contributed by atoms with Gasteiger partial charge in [0, 0.05) is 19.1 Å². The molecule has 82 valence electrons. The van der Waals surface area contributed by atoms with E-state index in [4.69, 9.17) is 0 Å². The lowest BCUT2D eigenvalue weighted by Crippen LogP contribution is -2.43. The lowest BCUT2D eigenvalue weighted by Gasteiger charge is -2.27. The van der Waals surface area contributed by atoms with E-state index >= 15 is 0 Å². The predicted molar refractivity (Wildman–Crippen MR) is 62.5 cm³/mol. The third kappa shape index (κ3) is 3.81. The second kappa shape index (κ2) is 6.20. The minimum atomic E-state index is 0.617. The monoisotopic (exact) mass is 196 g/mol. The molecule has 1 aliphatic rings. The molecule has 1 rings (SSSR count). The van der Waals surface area contributed by atoms with Crippen molar-refractivity contribution in [3.05, 3.63) is 12.7 Å². The second-order valence-corrected chi connectivity index (χ2v) is 4.56. The zero-order valence-electron chi connectivity index (χ0n) is 9.63. The quantitative estimate of drug-likeness (QED) is 0.653. The van der Waals surface area contributed by atoms with Crippen LogP contribution in [0.5, 0.6) is 0 Å². The van der Waals surface area contributed by atoms with Crippen molar-refractivity contribution in [3.8, 4) is 0 Å². The van der Waals surface area contributed by atoms with Crippen LogP contribution in [0, 0.1) is 5.92 Å². The molecule has 1 aliphatic heterocycles. The minimum absolute atomic E-state index is 0.617. The van der Waals surface area contributed by atoms with Gasteiger partial charge >= 0.3 is 0 Å². The fourth-order valence-electron chi connectivity index (χ4n) is 1.99. The normalized spacial score (nSPS) is 20.2. The third-order valence-electron chi connectivity index (χ3n) is 2.98. The van der Waals surface area contributed by atoms with E-state index in [1.807, 2.05) is 6.08 Å². The number of rotatable bonds is 6. The Morgan fingerprint density at radius 1 is 1.36 bits per heavy atom. The Bertz CT molecular complexity index is 160. The van der Waals surface area contributed by atoms with Crippen molar-refractivity contribution < 1.29 is 0 Å². The molecule has 0 amide bonds. The summed E-state index contributed by atoms with van der Waals surface area (Å²) in [5.41, 5.74) is 0. The molecular weight excluding hydrogens is 172 g/mol. The number of hydrogen-bond donors (Lipinski definition) is 1. The SMILES string of the molecule is C=CCN[C@H](CN1CCCC1)C(C)C. The average molecular weight is 196 g/mol. The number of nitrogens with zero attached hydrogens (tertiary/aromatic N) is 1. The number of nitrogens with one attached hydrogen (secondary N) is 1. The molecular formula is C12H24N2. The Balaban J connectivity index is 2.29. The van der Waals surface area contributed by atoms with Crippen LogP contribution >= 0.6 is 0 Å². The van der Waals surface area contributed by atoms with E-state index < -0.39 is 0 Å². The molecule has 1 N–H and O–H groups in total. The molecule has 1 fully saturated rings. The second-order valence-electron chi connectivity index (χ2n) is 4.56. The summed E-state index contributed by atoms with van der Waals surface area (Å²) in [4.78, 5) is 2.57. The first-order valence-corrected chi connectivity index (χ1v) is 5.80. The summed E-state index contributed by atoms with van der Waals surface area (Å²) in [5.74, 6) is 0.704. The van der Waals surface area contributed by atoms with Crippen molar-refractivity contribution in [2.75, 3.05) is 26.2 Å². The van der Waals surface area contributed by atoms with E-state index in [1.54, 1.807) is 0 Å². The molecule has 1 saturated heterocycles. The van der Waals surface area contributed by atoms with Gasteiger partial charge in [-0.05, 0) is 31.8 Å². The van der Waals surface area contributed by atoms with Crippen molar-refractivity contribution in [3.63, 3.8) is 0 Å². The minimum Gasteiger partial charge on any atom is -0.309 e.